The number of carbonyl (C=O) groups excluding carboxylic acids is 1. The van der Waals surface area contributed by atoms with Crippen LogP contribution < -0.4 is 16.4 Å². The van der Waals surface area contributed by atoms with Crippen molar-refractivity contribution < 1.29 is 4.79 Å². The highest BCUT2D eigenvalue weighted by molar-refractivity contribution is 5.81. The lowest BCUT2D eigenvalue weighted by Crippen LogP contribution is -2.55. The van der Waals surface area contributed by atoms with Gasteiger partial charge in [0.25, 0.3) is 0 Å². The SMILES string of the molecule is CC[C@H](N)C(=O)NC1CCCNC1C. The summed E-state index contributed by atoms with van der Waals surface area (Å²) < 4.78 is 0. The predicted molar refractivity (Wildman–Crippen MR) is 56.9 cm³/mol. The number of nitrogens with one attached hydrogen (secondary N) is 2. The summed E-state index contributed by atoms with van der Waals surface area (Å²) >= 11 is 0. The molecule has 4 N–H and O–H groups in total. The van der Waals surface area contributed by atoms with Gasteiger partial charge < -0.3 is 16.4 Å². The molecule has 1 aliphatic heterocycles. The molecule has 14 heavy (non-hydrogen) atoms. The highest BCUT2D eigenvalue weighted by Gasteiger charge is 2.23. The lowest BCUT2D eigenvalue weighted by Gasteiger charge is -2.31. The highest BCUT2D eigenvalue weighted by atomic mass is 16.2. The van der Waals surface area contributed by atoms with Crippen molar-refractivity contribution in [1.82, 2.24) is 10.6 Å². The molecule has 4 heteroatoms. The summed E-state index contributed by atoms with van der Waals surface area (Å²) in [6.45, 7) is 5.07. The molecule has 0 aromatic heterocycles. The van der Waals surface area contributed by atoms with Crippen LogP contribution in [0.15, 0.2) is 0 Å². The predicted octanol–water partition coefficient (Wildman–Crippen LogP) is -0.0196. The van der Waals surface area contributed by atoms with Crippen molar-refractivity contribution in [2.75, 3.05) is 6.54 Å². The van der Waals surface area contributed by atoms with Gasteiger partial charge in [-0.25, -0.2) is 0 Å². The molecule has 1 saturated heterocycles. The van der Waals surface area contributed by atoms with E-state index in [9.17, 15) is 4.79 Å². The van der Waals surface area contributed by atoms with E-state index in [0.717, 1.165) is 19.4 Å². The van der Waals surface area contributed by atoms with Gasteiger partial charge in [-0.2, -0.15) is 0 Å². The minimum absolute atomic E-state index is 0.0203. The van der Waals surface area contributed by atoms with Crippen LogP contribution in [0.5, 0.6) is 0 Å². The Balaban J connectivity index is 2.38. The third-order valence-corrected chi connectivity index (χ3v) is 2.87. The average Bonchev–Trinajstić information content (AvgIpc) is 2.20. The quantitative estimate of drug-likeness (QED) is 0.598. The molecule has 0 bridgehead atoms. The number of piperidine rings is 1. The molecule has 0 aromatic carbocycles. The van der Waals surface area contributed by atoms with Crippen LogP contribution in [-0.4, -0.2) is 30.6 Å². The Hall–Kier alpha value is -0.610. The van der Waals surface area contributed by atoms with Gasteiger partial charge in [0.2, 0.25) is 5.91 Å². The number of amides is 1. The van der Waals surface area contributed by atoms with Gasteiger partial charge in [-0.15, -0.1) is 0 Å². The maximum Gasteiger partial charge on any atom is 0.237 e. The topological polar surface area (TPSA) is 67.2 Å². The molecule has 0 aromatic rings. The summed E-state index contributed by atoms with van der Waals surface area (Å²) in [5, 5.41) is 6.33. The average molecular weight is 199 g/mol. The maximum absolute atomic E-state index is 11.5. The van der Waals surface area contributed by atoms with Crippen LogP contribution in [-0.2, 0) is 4.79 Å². The second-order valence-corrected chi connectivity index (χ2v) is 4.01. The van der Waals surface area contributed by atoms with Crippen LogP contribution in [0.25, 0.3) is 0 Å². The van der Waals surface area contributed by atoms with Crippen molar-refractivity contribution in [2.45, 2.75) is 51.2 Å². The lowest BCUT2D eigenvalue weighted by molar-refractivity contribution is -0.123. The first kappa shape index (κ1) is 11.5. The molecule has 4 nitrogen and oxygen atoms in total. The molecule has 2 unspecified atom stereocenters. The third-order valence-electron chi connectivity index (χ3n) is 2.87. The van der Waals surface area contributed by atoms with Gasteiger partial charge in [-0.05, 0) is 32.7 Å². The fraction of sp³-hybridized carbons (Fsp3) is 0.900. The minimum atomic E-state index is -0.357. The number of carbonyl (C=O) groups is 1. The van der Waals surface area contributed by atoms with E-state index in [2.05, 4.69) is 17.6 Å². The van der Waals surface area contributed by atoms with E-state index < -0.39 is 0 Å². The van der Waals surface area contributed by atoms with Gasteiger partial charge in [0, 0.05) is 12.1 Å². The van der Waals surface area contributed by atoms with Crippen LogP contribution in [0.1, 0.15) is 33.1 Å². The first-order valence-electron chi connectivity index (χ1n) is 5.44. The standard InChI is InChI=1S/C10H21N3O/c1-3-8(11)10(14)13-9-5-4-6-12-7(9)2/h7-9,12H,3-6,11H2,1-2H3,(H,13,14)/t7?,8-,9?/m0/s1. The maximum atomic E-state index is 11.5. The Morgan fingerprint density at radius 1 is 1.71 bits per heavy atom. The monoisotopic (exact) mass is 199 g/mol. The molecule has 1 rings (SSSR count). The summed E-state index contributed by atoms with van der Waals surface area (Å²) in [5.41, 5.74) is 5.65. The third kappa shape index (κ3) is 2.96. The van der Waals surface area contributed by atoms with Crippen molar-refractivity contribution in [1.29, 1.82) is 0 Å². The zero-order valence-electron chi connectivity index (χ0n) is 9.05. The Morgan fingerprint density at radius 3 is 3.00 bits per heavy atom. The zero-order valence-corrected chi connectivity index (χ0v) is 9.05. The number of nitrogens with two attached hydrogens (primary N) is 1. The minimum Gasteiger partial charge on any atom is -0.350 e. The summed E-state index contributed by atoms with van der Waals surface area (Å²) in [4.78, 5) is 11.5. The Kier molecular flexibility index (Phi) is 4.35. The summed E-state index contributed by atoms with van der Waals surface area (Å²) in [7, 11) is 0. The van der Waals surface area contributed by atoms with Crippen LogP contribution in [0.3, 0.4) is 0 Å². The molecule has 0 spiro atoms. The van der Waals surface area contributed by atoms with E-state index in [-0.39, 0.29) is 18.0 Å². The van der Waals surface area contributed by atoms with Crippen LogP contribution in [0.4, 0.5) is 0 Å². The summed E-state index contributed by atoms with van der Waals surface area (Å²) in [5.74, 6) is -0.0203. The smallest absolute Gasteiger partial charge is 0.237 e. The molecule has 0 aliphatic carbocycles. The summed E-state index contributed by atoms with van der Waals surface area (Å²) in [6, 6.07) is 0.245. The zero-order chi connectivity index (χ0) is 10.6. The van der Waals surface area contributed by atoms with Gasteiger partial charge in [0.1, 0.15) is 0 Å². The molecule has 82 valence electrons. The van der Waals surface area contributed by atoms with Gasteiger partial charge in [0.15, 0.2) is 0 Å². The first-order chi connectivity index (χ1) is 6.65. The highest BCUT2D eigenvalue weighted by Crippen LogP contribution is 2.08. The molecular formula is C10H21N3O. The molecule has 1 aliphatic rings. The second kappa shape index (κ2) is 5.32. The van der Waals surface area contributed by atoms with E-state index in [1.807, 2.05) is 6.92 Å². The van der Waals surface area contributed by atoms with Crippen LogP contribution >= 0.6 is 0 Å². The fourth-order valence-electron chi connectivity index (χ4n) is 1.72. The van der Waals surface area contributed by atoms with Gasteiger partial charge in [0.05, 0.1) is 6.04 Å². The number of rotatable bonds is 3. The van der Waals surface area contributed by atoms with Crippen LogP contribution in [0.2, 0.25) is 0 Å². The Bertz CT molecular complexity index is 196. The fourth-order valence-corrected chi connectivity index (χ4v) is 1.72. The van der Waals surface area contributed by atoms with E-state index in [1.165, 1.54) is 0 Å². The van der Waals surface area contributed by atoms with Crippen molar-refractivity contribution >= 4 is 5.91 Å². The Labute approximate surface area is 85.6 Å². The lowest BCUT2D eigenvalue weighted by atomic mass is 9.99. The van der Waals surface area contributed by atoms with Gasteiger partial charge in [-0.1, -0.05) is 6.92 Å². The molecule has 0 saturated carbocycles. The van der Waals surface area contributed by atoms with Crippen molar-refractivity contribution in [3.05, 3.63) is 0 Å². The normalized spacial score (nSPS) is 29.6. The molecule has 0 radical (unpaired) electrons. The van der Waals surface area contributed by atoms with Crippen molar-refractivity contribution in [3.8, 4) is 0 Å². The van der Waals surface area contributed by atoms with E-state index >= 15 is 0 Å². The number of hydrogen-bond acceptors (Lipinski definition) is 3. The van der Waals surface area contributed by atoms with Crippen molar-refractivity contribution in [3.63, 3.8) is 0 Å². The van der Waals surface area contributed by atoms with E-state index in [0.29, 0.717) is 12.5 Å². The van der Waals surface area contributed by atoms with E-state index in [4.69, 9.17) is 5.73 Å². The Morgan fingerprint density at radius 2 is 2.43 bits per heavy atom. The molecule has 1 fully saturated rings. The molecular weight excluding hydrogens is 178 g/mol. The van der Waals surface area contributed by atoms with Crippen molar-refractivity contribution in [2.24, 2.45) is 5.73 Å². The number of hydrogen-bond donors (Lipinski definition) is 3. The first-order valence-corrected chi connectivity index (χ1v) is 5.44. The van der Waals surface area contributed by atoms with E-state index in [1.54, 1.807) is 0 Å². The van der Waals surface area contributed by atoms with Gasteiger partial charge in [-0.3, -0.25) is 4.79 Å². The molecule has 1 amide bonds. The summed E-state index contributed by atoms with van der Waals surface area (Å²) in [6.07, 6.45) is 2.87. The molecule has 1 heterocycles. The second-order valence-electron chi connectivity index (χ2n) is 4.01. The van der Waals surface area contributed by atoms with Gasteiger partial charge >= 0.3 is 0 Å². The largest absolute Gasteiger partial charge is 0.350 e. The molecule has 3 atom stereocenters. The van der Waals surface area contributed by atoms with Crippen LogP contribution in [0, 0.1) is 0 Å².